The number of nitrogens with zero attached hydrogens (tertiary/aromatic N) is 3. The van der Waals surface area contributed by atoms with E-state index in [2.05, 4.69) is 33.9 Å². The summed E-state index contributed by atoms with van der Waals surface area (Å²) in [6.45, 7) is 7.15. The third kappa shape index (κ3) is 2.45. The van der Waals surface area contributed by atoms with Crippen LogP contribution in [0.2, 0.25) is 0 Å². The minimum absolute atomic E-state index is 0.150. The number of nitrogens with one attached hydrogen (secondary N) is 1. The van der Waals surface area contributed by atoms with Gasteiger partial charge < -0.3 is 15.0 Å². The van der Waals surface area contributed by atoms with Crippen LogP contribution in [0.25, 0.3) is 0 Å². The number of aromatic nitrogens is 2. The lowest BCUT2D eigenvalue weighted by Crippen LogP contribution is -2.45. The summed E-state index contributed by atoms with van der Waals surface area (Å²) in [4.78, 5) is 12.1. The van der Waals surface area contributed by atoms with Crippen LogP contribution in [0.5, 0.6) is 5.88 Å². The quantitative estimate of drug-likeness (QED) is 0.811. The molecule has 1 unspecified atom stereocenters. The molecule has 17 heavy (non-hydrogen) atoms. The topological polar surface area (TPSA) is 55.4 Å². The molecule has 1 aromatic heterocycles. The predicted molar refractivity (Wildman–Crippen MR) is 67.2 cm³/mol. The van der Waals surface area contributed by atoms with Gasteiger partial charge in [-0.2, -0.15) is 4.98 Å². The van der Waals surface area contributed by atoms with Gasteiger partial charge in [0.2, 0.25) is 5.88 Å². The van der Waals surface area contributed by atoms with E-state index in [0.717, 1.165) is 31.2 Å². The molecule has 96 valence electrons. The van der Waals surface area contributed by atoms with Crippen molar-refractivity contribution in [2.75, 3.05) is 33.7 Å². The molecular weight excluding hydrogens is 216 g/mol. The summed E-state index contributed by atoms with van der Waals surface area (Å²) in [5.41, 5.74) is 0.835. The van der Waals surface area contributed by atoms with E-state index in [0.29, 0.717) is 0 Å². The molecule has 1 aromatic rings. The monoisotopic (exact) mass is 238 g/mol. The van der Waals surface area contributed by atoms with Crippen LogP contribution in [0.4, 0.5) is 0 Å². The molecule has 1 aliphatic rings. The highest BCUT2D eigenvalue weighted by Crippen LogP contribution is 2.28. The highest BCUT2D eigenvalue weighted by atomic mass is 16.3. The van der Waals surface area contributed by atoms with Gasteiger partial charge in [0.1, 0.15) is 5.82 Å². The van der Waals surface area contributed by atoms with E-state index in [1.165, 1.54) is 0 Å². The van der Waals surface area contributed by atoms with Gasteiger partial charge in [-0.25, -0.2) is 0 Å². The van der Waals surface area contributed by atoms with Crippen LogP contribution >= 0.6 is 0 Å². The molecule has 0 amide bonds. The molecule has 2 heterocycles. The van der Waals surface area contributed by atoms with E-state index >= 15 is 0 Å². The lowest BCUT2D eigenvalue weighted by Gasteiger charge is -2.36. The number of aromatic hydroxyl groups is 1. The largest absolute Gasteiger partial charge is 0.492 e. The second kappa shape index (κ2) is 4.66. The van der Waals surface area contributed by atoms with E-state index in [4.69, 9.17) is 0 Å². The van der Waals surface area contributed by atoms with Gasteiger partial charge in [-0.15, -0.1) is 0 Å². The van der Waals surface area contributed by atoms with E-state index in [1.54, 1.807) is 0 Å². The molecular formula is C12H22N4O. The molecule has 0 aliphatic carbocycles. The average molecular weight is 238 g/mol. The SMILES string of the molecule is CC(C)c1[nH]c(C2CN(C)CCN2C)nc1O. The third-order valence-corrected chi connectivity index (χ3v) is 3.47. The fourth-order valence-corrected chi connectivity index (χ4v) is 2.26. The summed E-state index contributed by atoms with van der Waals surface area (Å²) in [6, 6.07) is 0.243. The van der Waals surface area contributed by atoms with Crippen molar-refractivity contribution in [1.82, 2.24) is 19.8 Å². The number of rotatable bonds is 2. The second-order valence-corrected chi connectivity index (χ2v) is 5.27. The minimum Gasteiger partial charge on any atom is -0.492 e. The summed E-state index contributed by atoms with van der Waals surface area (Å²) < 4.78 is 0. The third-order valence-electron chi connectivity index (χ3n) is 3.47. The van der Waals surface area contributed by atoms with Gasteiger partial charge in [0.25, 0.3) is 0 Å². The fraction of sp³-hybridized carbons (Fsp3) is 0.750. The van der Waals surface area contributed by atoms with Crippen molar-refractivity contribution < 1.29 is 5.11 Å². The van der Waals surface area contributed by atoms with Gasteiger partial charge in [-0.3, -0.25) is 4.90 Å². The Labute approximate surface area is 102 Å². The molecule has 5 heteroatoms. The van der Waals surface area contributed by atoms with Crippen molar-refractivity contribution >= 4 is 0 Å². The lowest BCUT2D eigenvalue weighted by molar-refractivity contribution is 0.110. The van der Waals surface area contributed by atoms with Crippen molar-refractivity contribution in [2.45, 2.75) is 25.8 Å². The number of hydrogen-bond donors (Lipinski definition) is 2. The van der Waals surface area contributed by atoms with E-state index in [9.17, 15) is 5.11 Å². The molecule has 0 aromatic carbocycles. The zero-order valence-corrected chi connectivity index (χ0v) is 11.1. The van der Waals surface area contributed by atoms with Crippen molar-refractivity contribution in [3.8, 4) is 5.88 Å². The van der Waals surface area contributed by atoms with Crippen LogP contribution < -0.4 is 0 Å². The van der Waals surface area contributed by atoms with Crippen molar-refractivity contribution in [3.63, 3.8) is 0 Å². The molecule has 5 nitrogen and oxygen atoms in total. The Morgan fingerprint density at radius 1 is 1.35 bits per heavy atom. The standard InChI is InChI=1S/C12H22N4O/c1-8(2)10-12(17)14-11(13-10)9-7-15(3)5-6-16(9)4/h8-9,17H,5-7H2,1-4H3,(H,13,14). The van der Waals surface area contributed by atoms with Crippen LogP contribution in [0.3, 0.4) is 0 Å². The summed E-state index contributed by atoms with van der Waals surface area (Å²) in [6.07, 6.45) is 0. The van der Waals surface area contributed by atoms with Crippen LogP contribution in [0.15, 0.2) is 0 Å². The fourth-order valence-electron chi connectivity index (χ4n) is 2.26. The first-order valence-corrected chi connectivity index (χ1v) is 6.16. The molecule has 0 spiro atoms. The van der Waals surface area contributed by atoms with Crippen molar-refractivity contribution in [2.24, 2.45) is 0 Å². The zero-order chi connectivity index (χ0) is 12.6. The maximum atomic E-state index is 9.81. The molecule has 0 saturated carbocycles. The first kappa shape index (κ1) is 12.4. The smallest absolute Gasteiger partial charge is 0.232 e. The number of H-pyrrole nitrogens is 1. The van der Waals surface area contributed by atoms with Gasteiger partial charge in [-0.05, 0) is 20.0 Å². The molecule has 1 atom stereocenters. The first-order chi connectivity index (χ1) is 7.99. The second-order valence-electron chi connectivity index (χ2n) is 5.27. The maximum Gasteiger partial charge on any atom is 0.232 e. The molecule has 2 rings (SSSR count). The molecule has 2 N–H and O–H groups in total. The summed E-state index contributed by atoms with van der Waals surface area (Å²) >= 11 is 0. The van der Waals surface area contributed by atoms with E-state index < -0.39 is 0 Å². The van der Waals surface area contributed by atoms with Gasteiger partial charge in [0.15, 0.2) is 0 Å². The van der Waals surface area contributed by atoms with E-state index in [-0.39, 0.29) is 17.8 Å². The van der Waals surface area contributed by atoms with Gasteiger partial charge in [-0.1, -0.05) is 13.8 Å². The lowest BCUT2D eigenvalue weighted by atomic mass is 10.1. The van der Waals surface area contributed by atoms with E-state index in [1.807, 2.05) is 13.8 Å². The Balaban J connectivity index is 2.23. The highest BCUT2D eigenvalue weighted by molar-refractivity contribution is 5.24. The Kier molecular flexibility index (Phi) is 3.40. The molecule has 1 aliphatic heterocycles. The number of aromatic amines is 1. The predicted octanol–water partition coefficient (Wildman–Crippen LogP) is 1.16. The summed E-state index contributed by atoms with van der Waals surface area (Å²) in [5, 5.41) is 9.81. The Morgan fingerprint density at radius 2 is 2.06 bits per heavy atom. The van der Waals surface area contributed by atoms with Gasteiger partial charge in [0.05, 0.1) is 11.7 Å². The Bertz CT molecular complexity index is 388. The Hall–Kier alpha value is -1.07. The van der Waals surface area contributed by atoms with Gasteiger partial charge >= 0.3 is 0 Å². The average Bonchev–Trinajstić information content (AvgIpc) is 2.64. The van der Waals surface area contributed by atoms with Gasteiger partial charge in [0, 0.05) is 19.6 Å². The number of imidazole rings is 1. The normalized spacial score (nSPS) is 23.5. The first-order valence-electron chi connectivity index (χ1n) is 6.16. The zero-order valence-electron chi connectivity index (χ0n) is 11.1. The molecule has 0 bridgehead atoms. The number of piperazine rings is 1. The van der Waals surface area contributed by atoms with Crippen LogP contribution in [-0.2, 0) is 0 Å². The maximum absolute atomic E-state index is 9.81. The molecule has 0 radical (unpaired) electrons. The summed E-state index contributed by atoms with van der Waals surface area (Å²) in [7, 11) is 4.22. The van der Waals surface area contributed by atoms with Crippen LogP contribution in [0.1, 0.15) is 37.3 Å². The minimum atomic E-state index is 0.150. The van der Waals surface area contributed by atoms with Crippen molar-refractivity contribution in [3.05, 3.63) is 11.5 Å². The number of likely N-dealkylation sites (N-methyl/N-ethyl adjacent to an activating group) is 2. The summed E-state index contributed by atoms with van der Waals surface area (Å²) in [5.74, 6) is 1.29. The van der Waals surface area contributed by atoms with Crippen LogP contribution in [0, 0.1) is 0 Å². The molecule has 1 saturated heterocycles. The Morgan fingerprint density at radius 3 is 2.65 bits per heavy atom. The number of hydrogen-bond acceptors (Lipinski definition) is 4. The highest BCUT2D eigenvalue weighted by Gasteiger charge is 2.27. The van der Waals surface area contributed by atoms with Crippen molar-refractivity contribution in [1.29, 1.82) is 0 Å². The van der Waals surface area contributed by atoms with Crippen LogP contribution in [-0.4, -0.2) is 58.6 Å². The molecule has 1 fully saturated rings.